The van der Waals surface area contributed by atoms with Crippen LogP contribution in [-0.4, -0.2) is 24.1 Å². The quantitative estimate of drug-likeness (QED) is 0.461. The molecule has 146 valence electrons. The first-order valence-corrected chi connectivity index (χ1v) is 9.50. The first-order chi connectivity index (χ1) is 14.2. The Bertz CT molecular complexity index is 914. The number of hydrazone groups is 1. The van der Waals surface area contributed by atoms with Gasteiger partial charge in [-0.05, 0) is 5.56 Å². The number of hydrogen-bond acceptors (Lipinski definition) is 3. The summed E-state index contributed by atoms with van der Waals surface area (Å²) in [7, 11) is 0. The number of rotatable bonds is 8. The molecule has 29 heavy (non-hydrogen) atoms. The third-order valence-electron chi connectivity index (χ3n) is 4.27. The molecule has 5 heteroatoms. The first-order valence-electron chi connectivity index (χ1n) is 9.50. The van der Waals surface area contributed by atoms with Crippen LogP contribution < -0.4 is 10.7 Å². The Morgan fingerprint density at radius 1 is 0.690 bits per heavy atom. The molecule has 0 aromatic heterocycles. The normalized spacial score (nSPS) is 10.1. The number of nitrogens with one attached hydrogen (secondary N) is 2. The first kappa shape index (κ1) is 20.0. The van der Waals surface area contributed by atoms with Crippen LogP contribution in [0, 0.1) is 0 Å². The second-order valence-electron chi connectivity index (χ2n) is 6.49. The van der Waals surface area contributed by atoms with E-state index in [0.29, 0.717) is 12.1 Å². The van der Waals surface area contributed by atoms with E-state index in [2.05, 4.69) is 15.8 Å². The molecule has 5 nitrogen and oxygen atoms in total. The van der Waals surface area contributed by atoms with Crippen molar-refractivity contribution < 1.29 is 9.59 Å². The molecule has 0 radical (unpaired) electrons. The zero-order valence-electron chi connectivity index (χ0n) is 16.0. The van der Waals surface area contributed by atoms with Crippen LogP contribution in [0.2, 0.25) is 0 Å². The SMILES string of the molecule is O=C(Cc1ccccc1)NCCC(=O)NN=C(c1ccccc1)c1ccccc1. The van der Waals surface area contributed by atoms with Gasteiger partial charge in [-0.15, -0.1) is 0 Å². The van der Waals surface area contributed by atoms with Crippen LogP contribution in [0.4, 0.5) is 0 Å². The molecule has 3 aromatic rings. The van der Waals surface area contributed by atoms with Gasteiger partial charge in [0.05, 0.1) is 12.1 Å². The van der Waals surface area contributed by atoms with Crippen molar-refractivity contribution in [1.29, 1.82) is 0 Å². The van der Waals surface area contributed by atoms with E-state index in [9.17, 15) is 9.59 Å². The molecular formula is C24H23N3O2. The van der Waals surface area contributed by atoms with Crippen molar-refractivity contribution >= 4 is 17.5 Å². The van der Waals surface area contributed by atoms with Gasteiger partial charge in [-0.3, -0.25) is 9.59 Å². The van der Waals surface area contributed by atoms with Crippen LogP contribution in [0.25, 0.3) is 0 Å². The third kappa shape index (κ3) is 6.43. The monoisotopic (exact) mass is 385 g/mol. The lowest BCUT2D eigenvalue weighted by Gasteiger charge is -2.08. The molecule has 0 saturated heterocycles. The molecule has 0 atom stereocenters. The van der Waals surface area contributed by atoms with Crippen molar-refractivity contribution in [3.05, 3.63) is 108 Å². The van der Waals surface area contributed by atoms with Gasteiger partial charge in [0, 0.05) is 24.1 Å². The molecule has 0 aliphatic rings. The summed E-state index contributed by atoms with van der Waals surface area (Å²) in [5.41, 5.74) is 6.05. The van der Waals surface area contributed by atoms with Crippen molar-refractivity contribution in [3.8, 4) is 0 Å². The smallest absolute Gasteiger partial charge is 0.241 e. The molecule has 0 saturated carbocycles. The maximum atomic E-state index is 12.2. The summed E-state index contributed by atoms with van der Waals surface area (Å²) in [5, 5.41) is 7.10. The molecule has 3 rings (SSSR count). The molecular weight excluding hydrogens is 362 g/mol. The largest absolute Gasteiger partial charge is 0.355 e. The summed E-state index contributed by atoms with van der Waals surface area (Å²) in [5.74, 6) is -0.365. The molecule has 2 amide bonds. The van der Waals surface area contributed by atoms with Crippen LogP contribution in [-0.2, 0) is 16.0 Å². The van der Waals surface area contributed by atoms with Gasteiger partial charge in [-0.1, -0.05) is 91.0 Å². The predicted molar refractivity (Wildman–Crippen MR) is 114 cm³/mol. The Morgan fingerprint density at radius 2 is 1.21 bits per heavy atom. The minimum Gasteiger partial charge on any atom is -0.355 e. The highest BCUT2D eigenvalue weighted by Crippen LogP contribution is 2.10. The van der Waals surface area contributed by atoms with E-state index < -0.39 is 0 Å². The van der Waals surface area contributed by atoms with Gasteiger partial charge < -0.3 is 5.32 Å². The van der Waals surface area contributed by atoms with Gasteiger partial charge >= 0.3 is 0 Å². The highest BCUT2D eigenvalue weighted by atomic mass is 16.2. The van der Waals surface area contributed by atoms with E-state index in [0.717, 1.165) is 16.7 Å². The van der Waals surface area contributed by atoms with Gasteiger partial charge in [0.2, 0.25) is 11.8 Å². The summed E-state index contributed by atoms with van der Waals surface area (Å²) < 4.78 is 0. The molecule has 3 aromatic carbocycles. The molecule has 0 spiro atoms. The Kier molecular flexibility index (Phi) is 7.29. The summed E-state index contributed by atoms with van der Waals surface area (Å²) in [6.45, 7) is 0.263. The lowest BCUT2D eigenvalue weighted by Crippen LogP contribution is -2.30. The van der Waals surface area contributed by atoms with Crippen LogP contribution >= 0.6 is 0 Å². The highest BCUT2D eigenvalue weighted by molar-refractivity contribution is 6.13. The lowest BCUT2D eigenvalue weighted by atomic mass is 10.0. The van der Waals surface area contributed by atoms with E-state index in [1.807, 2.05) is 91.0 Å². The highest BCUT2D eigenvalue weighted by Gasteiger charge is 2.08. The maximum absolute atomic E-state index is 12.2. The van der Waals surface area contributed by atoms with Crippen molar-refractivity contribution in [2.75, 3.05) is 6.54 Å². The molecule has 0 bridgehead atoms. The summed E-state index contributed by atoms with van der Waals surface area (Å²) >= 11 is 0. The standard InChI is InChI=1S/C24H23N3O2/c28-22(16-17-25-23(29)18-19-10-4-1-5-11-19)26-27-24(20-12-6-2-7-13-20)21-14-8-3-9-15-21/h1-15H,16-18H2,(H,25,29)(H,26,28). The third-order valence-corrected chi connectivity index (χ3v) is 4.27. The molecule has 0 heterocycles. The van der Waals surface area contributed by atoms with Crippen LogP contribution in [0.15, 0.2) is 96.1 Å². The molecule has 0 fully saturated rings. The number of nitrogens with zero attached hydrogens (tertiary/aromatic N) is 1. The Labute approximate surface area is 170 Å². The van der Waals surface area contributed by atoms with Gasteiger partial charge in [0.15, 0.2) is 0 Å². The van der Waals surface area contributed by atoms with E-state index in [4.69, 9.17) is 0 Å². The van der Waals surface area contributed by atoms with Gasteiger partial charge in [-0.2, -0.15) is 5.10 Å². The molecule has 0 unspecified atom stereocenters. The number of hydrogen-bond donors (Lipinski definition) is 2. The zero-order valence-corrected chi connectivity index (χ0v) is 16.0. The summed E-state index contributed by atoms with van der Waals surface area (Å²) in [6, 6.07) is 28.9. The van der Waals surface area contributed by atoms with E-state index >= 15 is 0 Å². The number of carbonyl (C=O) groups is 2. The number of benzene rings is 3. The zero-order chi connectivity index (χ0) is 20.3. The van der Waals surface area contributed by atoms with Crippen molar-refractivity contribution in [1.82, 2.24) is 10.7 Å². The topological polar surface area (TPSA) is 70.6 Å². The Balaban J connectivity index is 1.54. The molecule has 2 N–H and O–H groups in total. The van der Waals surface area contributed by atoms with E-state index in [1.165, 1.54) is 0 Å². The summed E-state index contributed by atoms with van der Waals surface area (Å²) in [4.78, 5) is 24.1. The van der Waals surface area contributed by atoms with E-state index in [-0.39, 0.29) is 24.8 Å². The van der Waals surface area contributed by atoms with Gasteiger partial charge in [0.1, 0.15) is 0 Å². The van der Waals surface area contributed by atoms with Crippen molar-refractivity contribution in [2.45, 2.75) is 12.8 Å². The average molecular weight is 385 g/mol. The van der Waals surface area contributed by atoms with Gasteiger partial charge in [0.25, 0.3) is 0 Å². The lowest BCUT2D eigenvalue weighted by molar-refractivity contribution is -0.122. The van der Waals surface area contributed by atoms with Crippen molar-refractivity contribution in [2.24, 2.45) is 5.10 Å². The van der Waals surface area contributed by atoms with Crippen molar-refractivity contribution in [3.63, 3.8) is 0 Å². The Hall–Kier alpha value is -3.73. The second-order valence-corrected chi connectivity index (χ2v) is 6.49. The van der Waals surface area contributed by atoms with Gasteiger partial charge in [-0.25, -0.2) is 5.43 Å². The summed E-state index contributed by atoms with van der Waals surface area (Å²) in [6.07, 6.45) is 0.452. The molecule has 0 aliphatic heterocycles. The fourth-order valence-corrected chi connectivity index (χ4v) is 2.82. The Morgan fingerprint density at radius 3 is 1.76 bits per heavy atom. The minimum atomic E-state index is -0.255. The van der Waals surface area contributed by atoms with Crippen LogP contribution in [0.3, 0.4) is 0 Å². The predicted octanol–water partition coefficient (Wildman–Crippen LogP) is 3.30. The van der Waals surface area contributed by atoms with Crippen LogP contribution in [0.1, 0.15) is 23.1 Å². The number of carbonyl (C=O) groups excluding carboxylic acids is 2. The maximum Gasteiger partial charge on any atom is 0.241 e. The average Bonchev–Trinajstić information content (AvgIpc) is 2.76. The van der Waals surface area contributed by atoms with E-state index in [1.54, 1.807) is 0 Å². The fourth-order valence-electron chi connectivity index (χ4n) is 2.82. The van der Waals surface area contributed by atoms with Crippen LogP contribution in [0.5, 0.6) is 0 Å². The molecule has 0 aliphatic carbocycles. The number of amides is 2. The second kappa shape index (κ2) is 10.6. The minimum absolute atomic E-state index is 0.109. The fraction of sp³-hybridized carbons (Fsp3) is 0.125.